The van der Waals surface area contributed by atoms with E-state index in [0.29, 0.717) is 0 Å². The maximum absolute atomic E-state index is 13.1. The highest BCUT2D eigenvalue weighted by Crippen LogP contribution is 2.43. The van der Waals surface area contributed by atoms with Crippen LogP contribution >= 0.6 is 0 Å². The Hall–Kier alpha value is -3.35. The summed E-state index contributed by atoms with van der Waals surface area (Å²) >= 11 is 0. The van der Waals surface area contributed by atoms with E-state index < -0.39 is 91.4 Å². The predicted octanol–water partition coefficient (Wildman–Crippen LogP) is -2.44. The van der Waals surface area contributed by atoms with Gasteiger partial charge >= 0.3 is 0 Å². The highest BCUT2D eigenvalue weighted by atomic mass is 16.7. The van der Waals surface area contributed by atoms with E-state index in [4.69, 9.17) is 18.6 Å². The molecule has 5 rings (SSSR count). The Morgan fingerprint density at radius 3 is 1.93 bits per heavy atom. The Bertz CT molecular complexity index is 1470. The molecule has 0 saturated carbocycles. The minimum absolute atomic E-state index is 0.0669. The molecule has 228 valence electrons. The number of aromatic hydroxyl groups is 2. The first-order valence-electron chi connectivity index (χ1n) is 12.9. The molecule has 2 fully saturated rings. The van der Waals surface area contributed by atoms with Crippen LogP contribution in [0.2, 0.25) is 0 Å². The van der Waals surface area contributed by atoms with Crippen LogP contribution in [0, 0.1) is 0 Å². The van der Waals surface area contributed by atoms with Gasteiger partial charge in [-0.05, 0) is 24.3 Å². The number of ether oxygens (including phenoxy) is 3. The molecule has 2 aliphatic heterocycles. The third kappa shape index (κ3) is 5.20. The van der Waals surface area contributed by atoms with Crippen molar-refractivity contribution in [3.63, 3.8) is 0 Å². The molecule has 1 aromatic heterocycles. The van der Waals surface area contributed by atoms with Gasteiger partial charge in [-0.2, -0.15) is 0 Å². The van der Waals surface area contributed by atoms with E-state index in [0.717, 1.165) is 12.1 Å². The lowest BCUT2D eigenvalue weighted by atomic mass is 9.89. The molecule has 3 heterocycles. The van der Waals surface area contributed by atoms with Crippen molar-refractivity contribution in [1.82, 2.24) is 0 Å². The van der Waals surface area contributed by atoms with Gasteiger partial charge in [0.2, 0.25) is 6.29 Å². The maximum Gasteiger partial charge on any atom is 0.229 e. The summed E-state index contributed by atoms with van der Waals surface area (Å²) in [4.78, 5) is 13.1. The van der Waals surface area contributed by atoms with Crippen molar-refractivity contribution < 1.29 is 69.7 Å². The Balaban J connectivity index is 1.50. The van der Waals surface area contributed by atoms with E-state index in [1.165, 1.54) is 24.3 Å². The second-order valence-electron chi connectivity index (χ2n) is 10.1. The first-order valence-corrected chi connectivity index (χ1v) is 12.9. The van der Waals surface area contributed by atoms with Crippen molar-refractivity contribution in [2.75, 3.05) is 13.2 Å². The normalized spacial score (nSPS) is 33.5. The molecule has 42 heavy (non-hydrogen) atoms. The van der Waals surface area contributed by atoms with Crippen LogP contribution < -0.4 is 10.2 Å². The molecule has 0 spiro atoms. The summed E-state index contributed by atoms with van der Waals surface area (Å²) in [6, 6.07) is 7.59. The molecule has 0 amide bonds. The van der Waals surface area contributed by atoms with Crippen LogP contribution in [0.4, 0.5) is 0 Å². The summed E-state index contributed by atoms with van der Waals surface area (Å²) in [5, 5.41) is 101. The molecule has 2 aliphatic rings. The van der Waals surface area contributed by atoms with E-state index in [9.17, 15) is 55.9 Å². The SMILES string of the molecule is O=c1cc(-c2ccc(O[C@@H]3OC(CO)[C@@H](O)C(O)C3O)cc2)oc2c([C@@H]3OC(CO)[C@@H](O)[C@H](O)C3O)c(O)cc(O)c12. The van der Waals surface area contributed by atoms with E-state index in [1.54, 1.807) is 0 Å². The van der Waals surface area contributed by atoms with Gasteiger partial charge in [-0.25, -0.2) is 0 Å². The molecule has 0 radical (unpaired) electrons. The van der Waals surface area contributed by atoms with Crippen LogP contribution in [0.25, 0.3) is 22.3 Å². The predicted molar refractivity (Wildman–Crippen MR) is 138 cm³/mol. The molecule has 15 heteroatoms. The number of rotatable bonds is 6. The number of benzene rings is 2. The molecule has 10 atom stereocenters. The third-order valence-corrected chi connectivity index (χ3v) is 7.41. The van der Waals surface area contributed by atoms with Crippen LogP contribution in [0.1, 0.15) is 11.7 Å². The zero-order chi connectivity index (χ0) is 30.5. The smallest absolute Gasteiger partial charge is 0.229 e. The van der Waals surface area contributed by atoms with Crippen molar-refractivity contribution in [2.45, 2.75) is 61.2 Å². The molecule has 2 saturated heterocycles. The second kappa shape index (κ2) is 11.7. The van der Waals surface area contributed by atoms with Crippen LogP contribution in [-0.4, -0.2) is 119 Å². The van der Waals surface area contributed by atoms with Crippen LogP contribution in [0.5, 0.6) is 17.2 Å². The van der Waals surface area contributed by atoms with Gasteiger partial charge in [0.15, 0.2) is 11.0 Å². The molecule has 5 unspecified atom stereocenters. The van der Waals surface area contributed by atoms with Gasteiger partial charge in [-0.3, -0.25) is 4.79 Å². The average Bonchev–Trinajstić information content (AvgIpc) is 2.97. The molecule has 3 aromatic rings. The van der Waals surface area contributed by atoms with Crippen LogP contribution in [0.3, 0.4) is 0 Å². The van der Waals surface area contributed by atoms with Gasteiger partial charge in [-0.1, -0.05) is 0 Å². The van der Waals surface area contributed by atoms with E-state index in [2.05, 4.69) is 0 Å². The lowest BCUT2D eigenvalue weighted by Crippen LogP contribution is -2.60. The molecule has 0 aliphatic carbocycles. The quantitative estimate of drug-likeness (QED) is 0.142. The van der Waals surface area contributed by atoms with Crippen molar-refractivity contribution in [2.24, 2.45) is 0 Å². The molecule has 10 N–H and O–H groups in total. The Morgan fingerprint density at radius 1 is 0.714 bits per heavy atom. The second-order valence-corrected chi connectivity index (χ2v) is 10.1. The molecular formula is C27H30O15. The Kier molecular flexibility index (Phi) is 8.41. The number of hydrogen-bond donors (Lipinski definition) is 10. The summed E-state index contributed by atoms with van der Waals surface area (Å²) in [7, 11) is 0. The maximum atomic E-state index is 13.1. The largest absolute Gasteiger partial charge is 0.507 e. The minimum Gasteiger partial charge on any atom is -0.507 e. The first kappa shape index (κ1) is 30.1. The van der Waals surface area contributed by atoms with E-state index in [1.807, 2.05) is 0 Å². The highest BCUT2D eigenvalue weighted by Gasteiger charge is 2.46. The van der Waals surface area contributed by atoms with Gasteiger partial charge in [0.25, 0.3) is 0 Å². The van der Waals surface area contributed by atoms with Gasteiger partial charge in [-0.15, -0.1) is 0 Å². The topological polar surface area (TPSA) is 260 Å². The van der Waals surface area contributed by atoms with Gasteiger partial charge in [0.1, 0.15) is 83.3 Å². The lowest BCUT2D eigenvalue weighted by Gasteiger charge is -2.40. The fourth-order valence-electron chi connectivity index (χ4n) is 5.08. The summed E-state index contributed by atoms with van der Waals surface area (Å²) in [6.07, 6.45) is -15.7. The number of hydrogen-bond acceptors (Lipinski definition) is 15. The van der Waals surface area contributed by atoms with Crippen molar-refractivity contribution >= 4 is 11.0 Å². The summed E-state index contributed by atoms with van der Waals surface area (Å²) in [5.41, 5.74) is -1.16. The zero-order valence-electron chi connectivity index (χ0n) is 21.7. The number of phenolic OH excluding ortho intramolecular Hbond substituents is 2. The number of phenols is 2. The van der Waals surface area contributed by atoms with Crippen LogP contribution in [-0.2, 0) is 9.47 Å². The van der Waals surface area contributed by atoms with Gasteiger partial charge in [0, 0.05) is 17.7 Å². The summed E-state index contributed by atoms with van der Waals surface area (Å²) < 4.78 is 22.3. The molecular weight excluding hydrogens is 564 g/mol. The summed E-state index contributed by atoms with van der Waals surface area (Å²) in [6.45, 7) is -1.38. The van der Waals surface area contributed by atoms with E-state index in [-0.39, 0.29) is 33.6 Å². The monoisotopic (exact) mass is 594 g/mol. The third-order valence-electron chi connectivity index (χ3n) is 7.41. The molecule has 15 nitrogen and oxygen atoms in total. The van der Waals surface area contributed by atoms with Crippen molar-refractivity contribution in [1.29, 1.82) is 0 Å². The fraction of sp³-hybridized carbons (Fsp3) is 0.444. The first-order chi connectivity index (χ1) is 20.0. The van der Waals surface area contributed by atoms with Crippen molar-refractivity contribution in [3.8, 4) is 28.6 Å². The lowest BCUT2D eigenvalue weighted by molar-refractivity contribution is -0.277. The standard InChI is InChI=1S/C27H30O15/c28-7-15-19(33)21(35)23(37)26(41-15)18-12(31)5-11(30)17-13(32)6-14(40-25(17)18)9-1-3-10(4-2-9)39-27-24(38)22(36)20(34)16(8-29)42-27/h1-6,15-16,19-24,26-31,33-38H,7-8H2/t15?,16?,19-,20-,21+,22?,23?,24?,26+,27-/m1/s1. The van der Waals surface area contributed by atoms with Gasteiger partial charge in [0.05, 0.1) is 18.8 Å². The minimum atomic E-state index is -1.82. The number of aliphatic hydroxyl groups excluding tert-OH is 8. The van der Waals surface area contributed by atoms with E-state index >= 15 is 0 Å². The van der Waals surface area contributed by atoms with Crippen molar-refractivity contribution in [3.05, 3.63) is 52.2 Å². The fourth-order valence-corrected chi connectivity index (χ4v) is 5.08. The number of aliphatic hydroxyl groups is 8. The number of fused-ring (bicyclic) bond motifs is 1. The summed E-state index contributed by atoms with van der Waals surface area (Å²) in [5.74, 6) is -1.24. The van der Waals surface area contributed by atoms with Gasteiger partial charge < -0.3 is 69.7 Å². The highest BCUT2D eigenvalue weighted by molar-refractivity contribution is 5.89. The zero-order valence-corrected chi connectivity index (χ0v) is 21.7. The Morgan fingerprint density at radius 2 is 1.31 bits per heavy atom. The Labute approximate surface area is 236 Å². The molecule has 0 bridgehead atoms. The molecule has 2 aromatic carbocycles. The van der Waals surface area contributed by atoms with Crippen LogP contribution in [0.15, 0.2) is 45.6 Å². The average molecular weight is 595 g/mol.